The van der Waals surface area contributed by atoms with Crippen LogP contribution in [-0.2, 0) is 9.59 Å². The van der Waals surface area contributed by atoms with Crippen LogP contribution in [0.3, 0.4) is 0 Å². The highest BCUT2D eigenvalue weighted by molar-refractivity contribution is 5.96. The molecule has 1 amide bonds. The summed E-state index contributed by atoms with van der Waals surface area (Å²) in [5.41, 5.74) is 10.1. The highest BCUT2D eigenvalue weighted by atomic mass is 16.4. The van der Waals surface area contributed by atoms with Crippen molar-refractivity contribution in [3.8, 4) is 0 Å². The Hall–Kier alpha value is -1.36. The Bertz CT molecular complexity index is 223. The normalized spacial score (nSPS) is 11.3. The lowest BCUT2D eigenvalue weighted by Gasteiger charge is -1.99. The van der Waals surface area contributed by atoms with E-state index in [1.54, 1.807) is 0 Å². The Labute approximate surface area is 76.4 Å². The molecule has 5 N–H and O–H groups in total. The van der Waals surface area contributed by atoms with Gasteiger partial charge in [0.1, 0.15) is 0 Å². The third-order valence-electron chi connectivity index (χ3n) is 1.49. The first-order valence-electron chi connectivity index (χ1n) is 4.01. The van der Waals surface area contributed by atoms with Crippen molar-refractivity contribution in [3.05, 3.63) is 11.6 Å². The van der Waals surface area contributed by atoms with E-state index >= 15 is 0 Å². The molecule has 13 heavy (non-hydrogen) atoms. The zero-order valence-electron chi connectivity index (χ0n) is 7.32. The highest BCUT2D eigenvalue weighted by Crippen LogP contribution is 2.06. The Morgan fingerprint density at radius 2 is 1.92 bits per heavy atom. The molecule has 5 heteroatoms. The van der Waals surface area contributed by atoms with E-state index in [1.165, 1.54) is 0 Å². The maximum atomic E-state index is 10.5. The molecule has 0 saturated carbocycles. The number of carboxylic acids is 1. The lowest BCUT2D eigenvalue weighted by Crippen LogP contribution is -2.11. The molecule has 0 aliphatic heterocycles. The van der Waals surface area contributed by atoms with E-state index in [9.17, 15) is 9.59 Å². The molecule has 0 atom stereocenters. The fourth-order valence-electron chi connectivity index (χ4n) is 0.872. The molecular weight excluding hydrogens is 172 g/mol. The van der Waals surface area contributed by atoms with Crippen molar-refractivity contribution in [1.29, 1.82) is 0 Å². The van der Waals surface area contributed by atoms with E-state index in [-0.39, 0.29) is 5.57 Å². The van der Waals surface area contributed by atoms with Crippen molar-refractivity contribution in [2.45, 2.75) is 19.3 Å². The number of carbonyl (C=O) groups excluding carboxylic acids is 1. The molecule has 0 rings (SSSR count). The van der Waals surface area contributed by atoms with Crippen molar-refractivity contribution in [3.63, 3.8) is 0 Å². The number of unbranched alkanes of at least 4 members (excludes halogenated alkanes) is 1. The standard InChI is InChI=1S/C8H14N2O3/c9-4-2-1-3-6(8(12)13)5-7(10)11/h5H,1-4,9H2,(H2,10,11)(H,12,13)/b6-5-. The van der Waals surface area contributed by atoms with Crippen molar-refractivity contribution in [2.75, 3.05) is 6.54 Å². The van der Waals surface area contributed by atoms with Gasteiger partial charge in [0, 0.05) is 11.6 Å². The van der Waals surface area contributed by atoms with Crippen molar-refractivity contribution in [2.24, 2.45) is 11.5 Å². The van der Waals surface area contributed by atoms with Crippen LogP contribution in [0.2, 0.25) is 0 Å². The van der Waals surface area contributed by atoms with Crippen LogP contribution in [0.15, 0.2) is 11.6 Å². The SMILES string of the molecule is NCCCC/C(=C/C(N)=O)C(=O)O. The Kier molecular flexibility index (Phi) is 5.54. The minimum atomic E-state index is -1.10. The second kappa shape index (κ2) is 6.19. The van der Waals surface area contributed by atoms with Crippen LogP contribution >= 0.6 is 0 Å². The van der Waals surface area contributed by atoms with Gasteiger partial charge in [-0.3, -0.25) is 4.79 Å². The molecule has 0 aliphatic carbocycles. The van der Waals surface area contributed by atoms with Crippen molar-refractivity contribution < 1.29 is 14.7 Å². The molecule has 0 aromatic heterocycles. The van der Waals surface area contributed by atoms with Crippen LogP contribution in [0.25, 0.3) is 0 Å². The minimum absolute atomic E-state index is 0.0425. The van der Waals surface area contributed by atoms with E-state index < -0.39 is 11.9 Å². The third-order valence-corrected chi connectivity index (χ3v) is 1.49. The second-order valence-corrected chi connectivity index (χ2v) is 2.62. The van der Waals surface area contributed by atoms with Crippen LogP contribution in [-0.4, -0.2) is 23.5 Å². The summed E-state index contributed by atoms with van der Waals surface area (Å²) in [5, 5.41) is 8.61. The molecular formula is C8H14N2O3. The Morgan fingerprint density at radius 3 is 2.31 bits per heavy atom. The van der Waals surface area contributed by atoms with Gasteiger partial charge in [0.05, 0.1) is 0 Å². The molecule has 0 aliphatic rings. The van der Waals surface area contributed by atoms with Gasteiger partial charge < -0.3 is 16.6 Å². The quantitative estimate of drug-likeness (QED) is 0.388. The fraction of sp³-hybridized carbons (Fsp3) is 0.500. The van der Waals surface area contributed by atoms with Crippen LogP contribution < -0.4 is 11.5 Å². The van der Waals surface area contributed by atoms with E-state index in [1.807, 2.05) is 0 Å². The van der Waals surface area contributed by atoms with Crippen molar-refractivity contribution >= 4 is 11.9 Å². The van der Waals surface area contributed by atoms with Crippen molar-refractivity contribution in [1.82, 2.24) is 0 Å². The number of hydrogen-bond donors (Lipinski definition) is 3. The Morgan fingerprint density at radius 1 is 1.31 bits per heavy atom. The maximum absolute atomic E-state index is 10.5. The van der Waals surface area contributed by atoms with Crippen LogP contribution in [0, 0.1) is 0 Å². The number of hydrogen-bond acceptors (Lipinski definition) is 3. The minimum Gasteiger partial charge on any atom is -0.478 e. The molecule has 0 bridgehead atoms. The first kappa shape index (κ1) is 11.6. The highest BCUT2D eigenvalue weighted by Gasteiger charge is 2.07. The van der Waals surface area contributed by atoms with Crippen LogP contribution in [0.5, 0.6) is 0 Å². The lowest BCUT2D eigenvalue weighted by molar-refractivity contribution is -0.133. The molecule has 0 heterocycles. The molecule has 74 valence electrons. The lowest BCUT2D eigenvalue weighted by atomic mass is 10.1. The number of amides is 1. The molecule has 0 spiro atoms. The number of carboxylic acid groups (broad SMARTS) is 1. The van der Waals surface area contributed by atoms with Crippen LogP contribution in [0.1, 0.15) is 19.3 Å². The summed E-state index contributed by atoms with van der Waals surface area (Å²) in [4.78, 5) is 20.9. The number of carbonyl (C=O) groups is 2. The largest absolute Gasteiger partial charge is 0.478 e. The molecule has 0 aromatic rings. The predicted octanol–water partition coefficient (Wildman–Crippen LogP) is -0.388. The van der Waals surface area contributed by atoms with Gasteiger partial charge in [-0.1, -0.05) is 0 Å². The predicted molar refractivity (Wildman–Crippen MR) is 47.8 cm³/mol. The van der Waals surface area contributed by atoms with Gasteiger partial charge in [-0.05, 0) is 25.8 Å². The summed E-state index contributed by atoms with van der Waals surface area (Å²) < 4.78 is 0. The third kappa shape index (κ3) is 5.86. The Balaban J connectivity index is 4.11. The van der Waals surface area contributed by atoms with Crippen LogP contribution in [0.4, 0.5) is 0 Å². The second-order valence-electron chi connectivity index (χ2n) is 2.62. The zero-order chi connectivity index (χ0) is 10.3. The summed E-state index contributed by atoms with van der Waals surface area (Å²) in [6.07, 6.45) is 2.67. The summed E-state index contributed by atoms with van der Waals surface area (Å²) in [7, 11) is 0. The van der Waals surface area contributed by atoms with Gasteiger partial charge in [0.25, 0.3) is 0 Å². The van der Waals surface area contributed by atoms with E-state index in [4.69, 9.17) is 16.6 Å². The number of rotatable bonds is 6. The first-order chi connectivity index (χ1) is 6.07. The number of primary amides is 1. The maximum Gasteiger partial charge on any atom is 0.331 e. The molecule has 0 aromatic carbocycles. The molecule has 0 saturated heterocycles. The van der Waals surface area contributed by atoms with E-state index in [0.717, 1.165) is 12.5 Å². The van der Waals surface area contributed by atoms with Gasteiger partial charge in [0.15, 0.2) is 0 Å². The average molecular weight is 186 g/mol. The van der Waals surface area contributed by atoms with Gasteiger partial charge in [-0.25, -0.2) is 4.79 Å². The van der Waals surface area contributed by atoms with Gasteiger partial charge >= 0.3 is 5.97 Å². The average Bonchev–Trinajstić information content (AvgIpc) is 2.02. The smallest absolute Gasteiger partial charge is 0.331 e. The molecule has 5 nitrogen and oxygen atoms in total. The monoisotopic (exact) mass is 186 g/mol. The first-order valence-corrected chi connectivity index (χ1v) is 4.01. The van der Waals surface area contributed by atoms with Gasteiger partial charge in [-0.2, -0.15) is 0 Å². The molecule has 0 unspecified atom stereocenters. The zero-order valence-corrected chi connectivity index (χ0v) is 7.32. The van der Waals surface area contributed by atoms with E-state index in [0.29, 0.717) is 19.4 Å². The number of aliphatic carboxylic acids is 1. The summed E-state index contributed by atoms with van der Waals surface area (Å²) in [6.45, 7) is 0.517. The fourth-order valence-corrected chi connectivity index (χ4v) is 0.872. The van der Waals surface area contributed by atoms with Gasteiger partial charge in [0.2, 0.25) is 5.91 Å². The topological polar surface area (TPSA) is 106 Å². The summed E-state index contributed by atoms with van der Waals surface area (Å²) in [6, 6.07) is 0. The summed E-state index contributed by atoms with van der Waals surface area (Å²) in [5.74, 6) is -1.83. The van der Waals surface area contributed by atoms with E-state index in [2.05, 4.69) is 0 Å². The van der Waals surface area contributed by atoms with Gasteiger partial charge in [-0.15, -0.1) is 0 Å². The molecule has 0 fully saturated rings. The number of nitrogens with two attached hydrogens (primary N) is 2. The molecule has 0 radical (unpaired) electrons. The summed E-state index contributed by atoms with van der Waals surface area (Å²) >= 11 is 0.